The van der Waals surface area contributed by atoms with E-state index in [2.05, 4.69) is 43.5 Å². The van der Waals surface area contributed by atoms with Gasteiger partial charge in [0.15, 0.2) is 0 Å². The molecule has 1 aromatic carbocycles. The number of benzene rings is 1. The average Bonchev–Trinajstić information content (AvgIpc) is 2.40. The van der Waals surface area contributed by atoms with Crippen molar-refractivity contribution in [3.05, 3.63) is 34.4 Å². The minimum atomic E-state index is 0.450. The predicted octanol–water partition coefficient (Wildman–Crippen LogP) is 1.69. The highest BCUT2D eigenvalue weighted by molar-refractivity contribution is 5.38. The lowest BCUT2D eigenvalue weighted by atomic mass is 9.99. The molecule has 1 aromatic rings. The molecule has 1 atom stereocenters. The van der Waals surface area contributed by atoms with Crippen molar-refractivity contribution in [3.8, 4) is 0 Å². The fraction of sp³-hybridized carbons (Fsp3) is 0.600. The molecule has 3 heteroatoms. The molecule has 0 spiro atoms. The molecular formula is C15H24N2O. The number of ether oxygens (including phenoxy) is 1. The van der Waals surface area contributed by atoms with E-state index in [1.165, 1.54) is 22.3 Å². The van der Waals surface area contributed by atoms with E-state index in [0.717, 1.165) is 32.8 Å². The van der Waals surface area contributed by atoms with Gasteiger partial charge in [0, 0.05) is 25.7 Å². The van der Waals surface area contributed by atoms with Gasteiger partial charge >= 0.3 is 0 Å². The summed E-state index contributed by atoms with van der Waals surface area (Å²) in [7, 11) is 0. The number of hydrogen-bond acceptors (Lipinski definition) is 3. The lowest BCUT2D eigenvalue weighted by Gasteiger charge is -2.24. The zero-order valence-corrected chi connectivity index (χ0v) is 11.7. The lowest BCUT2D eigenvalue weighted by molar-refractivity contribution is 0.0766. The first-order valence-electron chi connectivity index (χ1n) is 6.76. The molecule has 1 aliphatic rings. The molecule has 2 rings (SSSR count). The highest BCUT2D eigenvalue weighted by atomic mass is 16.5. The van der Waals surface area contributed by atoms with Crippen LogP contribution in [0.15, 0.2) is 12.1 Å². The van der Waals surface area contributed by atoms with E-state index in [-0.39, 0.29) is 0 Å². The van der Waals surface area contributed by atoms with Crippen LogP contribution in [0.4, 0.5) is 0 Å². The van der Waals surface area contributed by atoms with Gasteiger partial charge in [-0.2, -0.15) is 0 Å². The molecule has 0 radical (unpaired) electrons. The summed E-state index contributed by atoms with van der Waals surface area (Å²) < 4.78 is 5.44. The van der Waals surface area contributed by atoms with E-state index in [9.17, 15) is 0 Å². The Morgan fingerprint density at radius 1 is 1.28 bits per heavy atom. The maximum absolute atomic E-state index is 5.44. The highest BCUT2D eigenvalue weighted by Crippen LogP contribution is 2.16. The summed E-state index contributed by atoms with van der Waals surface area (Å²) in [5.74, 6) is 0. The smallest absolute Gasteiger partial charge is 0.0632 e. The Hall–Kier alpha value is -0.900. The van der Waals surface area contributed by atoms with Crippen LogP contribution in [-0.2, 0) is 11.3 Å². The SMILES string of the molecule is Cc1ccc(CNCC2COCCN2)c(C)c1C. The van der Waals surface area contributed by atoms with Gasteiger partial charge in [-0.15, -0.1) is 0 Å². The van der Waals surface area contributed by atoms with E-state index in [0.29, 0.717) is 6.04 Å². The van der Waals surface area contributed by atoms with Gasteiger partial charge in [-0.1, -0.05) is 12.1 Å². The molecule has 2 N–H and O–H groups in total. The van der Waals surface area contributed by atoms with E-state index in [4.69, 9.17) is 4.74 Å². The molecule has 18 heavy (non-hydrogen) atoms. The molecule has 0 aliphatic carbocycles. The fourth-order valence-electron chi connectivity index (χ4n) is 2.34. The molecule has 1 fully saturated rings. The van der Waals surface area contributed by atoms with Crippen molar-refractivity contribution in [3.63, 3.8) is 0 Å². The highest BCUT2D eigenvalue weighted by Gasteiger charge is 2.12. The summed E-state index contributed by atoms with van der Waals surface area (Å²) in [6.07, 6.45) is 0. The van der Waals surface area contributed by atoms with Crippen molar-refractivity contribution in [2.45, 2.75) is 33.4 Å². The first-order chi connectivity index (χ1) is 8.68. The number of aryl methyl sites for hydroxylation is 1. The van der Waals surface area contributed by atoms with Gasteiger partial charge < -0.3 is 15.4 Å². The molecule has 0 bridgehead atoms. The minimum absolute atomic E-state index is 0.450. The predicted molar refractivity (Wildman–Crippen MR) is 75.0 cm³/mol. The third kappa shape index (κ3) is 3.31. The Morgan fingerprint density at radius 3 is 2.83 bits per heavy atom. The summed E-state index contributed by atoms with van der Waals surface area (Å²) in [5.41, 5.74) is 5.59. The first-order valence-corrected chi connectivity index (χ1v) is 6.76. The van der Waals surface area contributed by atoms with E-state index in [1.807, 2.05) is 0 Å². The summed E-state index contributed by atoms with van der Waals surface area (Å²) in [6, 6.07) is 4.89. The van der Waals surface area contributed by atoms with Crippen LogP contribution in [0.5, 0.6) is 0 Å². The Labute approximate surface area is 110 Å². The zero-order chi connectivity index (χ0) is 13.0. The second kappa shape index (κ2) is 6.32. The number of rotatable bonds is 4. The summed E-state index contributed by atoms with van der Waals surface area (Å²) in [6.45, 7) is 11.1. The topological polar surface area (TPSA) is 33.3 Å². The Balaban J connectivity index is 1.84. The molecule has 1 heterocycles. The van der Waals surface area contributed by atoms with Crippen LogP contribution < -0.4 is 10.6 Å². The van der Waals surface area contributed by atoms with Crippen molar-refractivity contribution in [1.82, 2.24) is 10.6 Å². The van der Waals surface area contributed by atoms with Crippen LogP contribution in [0.25, 0.3) is 0 Å². The molecule has 0 saturated carbocycles. The van der Waals surface area contributed by atoms with Crippen molar-refractivity contribution < 1.29 is 4.74 Å². The van der Waals surface area contributed by atoms with Gasteiger partial charge in [-0.25, -0.2) is 0 Å². The summed E-state index contributed by atoms with van der Waals surface area (Å²) in [5, 5.41) is 6.97. The third-order valence-corrected chi connectivity index (χ3v) is 3.87. The maximum Gasteiger partial charge on any atom is 0.0632 e. The van der Waals surface area contributed by atoms with Crippen molar-refractivity contribution in [1.29, 1.82) is 0 Å². The molecule has 0 amide bonds. The zero-order valence-electron chi connectivity index (χ0n) is 11.7. The van der Waals surface area contributed by atoms with E-state index >= 15 is 0 Å². The fourth-order valence-corrected chi connectivity index (χ4v) is 2.34. The van der Waals surface area contributed by atoms with Crippen LogP contribution >= 0.6 is 0 Å². The van der Waals surface area contributed by atoms with E-state index in [1.54, 1.807) is 0 Å². The first kappa shape index (κ1) is 13.5. The second-order valence-electron chi connectivity index (χ2n) is 5.15. The van der Waals surface area contributed by atoms with Gasteiger partial charge in [0.05, 0.1) is 13.2 Å². The van der Waals surface area contributed by atoms with Crippen LogP contribution in [0.2, 0.25) is 0 Å². The number of morpholine rings is 1. The molecule has 1 saturated heterocycles. The largest absolute Gasteiger partial charge is 0.378 e. The van der Waals surface area contributed by atoms with Crippen LogP contribution in [-0.4, -0.2) is 32.3 Å². The Kier molecular flexibility index (Phi) is 4.75. The van der Waals surface area contributed by atoms with Gasteiger partial charge in [0.2, 0.25) is 0 Å². The quantitative estimate of drug-likeness (QED) is 0.851. The summed E-state index contributed by atoms with van der Waals surface area (Å²) in [4.78, 5) is 0. The molecule has 100 valence electrons. The number of nitrogens with one attached hydrogen (secondary N) is 2. The Morgan fingerprint density at radius 2 is 2.11 bits per heavy atom. The normalized spacial score (nSPS) is 20.1. The van der Waals surface area contributed by atoms with Gasteiger partial charge in [0.1, 0.15) is 0 Å². The molecule has 1 aliphatic heterocycles. The summed E-state index contributed by atoms with van der Waals surface area (Å²) >= 11 is 0. The molecule has 1 unspecified atom stereocenters. The van der Waals surface area contributed by atoms with Gasteiger partial charge in [-0.05, 0) is 43.0 Å². The lowest BCUT2D eigenvalue weighted by Crippen LogP contribution is -2.47. The average molecular weight is 248 g/mol. The number of hydrogen-bond donors (Lipinski definition) is 2. The molecule has 3 nitrogen and oxygen atoms in total. The van der Waals surface area contributed by atoms with Gasteiger partial charge in [-0.3, -0.25) is 0 Å². The van der Waals surface area contributed by atoms with E-state index < -0.39 is 0 Å². The van der Waals surface area contributed by atoms with Crippen LogP contribution in [0.3, 0.4) is 0 Å². The van der Waals surface area contributed by atoms with Crippen molar-refractivity contribution in [2.24, 2.45) is 0 Å². The monoisotopic (exact) mass is 248 g/mol. The standard InChI is InChI=1S/C15H24N2O/c1-11-4-5-14(13(3)12(11)2)8-16-9-15-10-18-7-6-17-15/h4-5,15-17H,6-10H2,1-3H3. The maximum atomic E-state index is 5.44. The van der Waals surface area contributed by atoms with Crippen LogP contribution in [0.1, 0.15) is 22.3 Å². The molecular weight excluding hydrogens is 224 g/mol. The van der Waals surface area contributed by atoms with Gasteiger partial charge in [0.25, 0.3) is 0 Å². The minimum Gasteiger partial charge on any atom is -0.378 e. The van der Waals surface area contributed by atoms with Crippen LogP contribution in [0, 0.1) is 20.8 Å². The third-order valence-electron chi connectivity index (χ3n) is 3.87. The second-order valence-corrected chi connectivity index (χ2v) is 5.15. The Bertz CT molecular complexity index is 398. The van der Waals surface area contributed by atoms with Crippen molar-refractivity contribution in [2.75, 3.05) is 26.3 Å². The van der Waals surface area contributed by atoms with Crippen molar-refractivity contribution >= 4 is 0 Å². The molecule has 0 aromatic heterocycles.